The van der Waals surface area contributed by atoms with Crippen molar-refractivity contribution in [2.75, 3.05) is 18.9 Å². The van der Waals surface area contributed by atoms with E-state index in [4.69, 9.17) is 23.6 Å². The van der Waals surface area contributed by atoms with Gasteiger partial charge in [-0.25, -0.2) is 14.6 Å². The van der Waals surface area contributed by atoms with E-state index in [0.29, 0.717) is 45.8 Å². The first-order valence-corrected chi connectivity index (χ1v) is 8.40. The number of nitrogens with zero attached hydrogens (tertiary/aromatic N) is 4. The Bertz CT molecular complexity index is 1220. The van der Waals surface area contributed by atoms with Crippen LogP contribution in [-0.4, -0.2) is 33.9 Å². The topological polar surface area (TPSA) is 114 Å². The molecule has 2 aliphatic heterocycles. The molecule has 1 N–H and O–H groups in total. The minimum atomic E-state index is 0.193. The first-order valence-electron chi connectivity index (χ1n) is 8.40. The van der Waals surface area contributed by atoms with Gasteiger partial charge in [0.2, 0.25) is 24.9 Å². The molecule has 0 atom stereocenters. The Balaban J connectivity index is 1.46. The highest BCUT2D eigenvalue weighted by atomic mass is 16.7. The van der Waals surface area contributed by atoms with Crippen LogP contribution in [0.1, 0.15) is 0 Å². The highest BCUT2D eigenvalue weighted by Gasteiger charge is 2.20. The van der Waals surface area contributed by atoms with Crippen molar-refractivity contribution in [1.82, 2.24) is 20.3 Å². The fraction of sp³-hybridized carbons (Fsp3) is 0.111. The molecule has 0 amide bonds. The van der Waals surface area contributed by atoms with E-state index in [0.717, 1.165) is 11.3 Å². The number of anilines is 2. The zero-order valence-corrected chi connectivity index (χ0v) is 14.2. The summed E-state index contributed by atoms with van der Waals surface area (Å²) in [4.78, 5) is 9.06. The van der Waals surface area contributed by atoms with Gasteiger partial charge in [0, 0.05) is 17.3 Å². The summed E-state index contributed by atoms with van der Waals surface area (Å²) < 4.78 is 26.4. The number of ether oxygens (including phenoxy) is 4. The number of aromatic nitrogens is 4. The first kappa shape index (κ1) is 15.0. The minimum absolute atomic E-state index is 0.193. The van der Waals surface area contributed by atoms with Crippen molar-refractivity contribution >= 4 is 22.8 Å². The van der Waals surface area contributed by atoms with Crippen LogP contribution in [0.2, 0.25) is 0 Å². The number of hydrogen-bond acceptors (Lipinski definition) is 10. The van der Waals surface area contributed by atoms with Gasteiger partial charge in [-0.05, 0) is 40.6 Å². The van der Waals surface area contributed by atoms with Crippen molar-refractivity contribution < 1.29 is 23.6 Å². The van der Waals surface area contributed by atoms with Gasteiger partial charge in [0.15, 0.2) is 28.8 Å². The van der Waals surface area contributed by atoms with Gasteiger partial charge >= 0.3 is 0 Å². The lowest BCUT2D eigenvalue weighted by Crippen LogP contribution is -2.00. The maximum absolute atomic E-state index is 5.47. The van der Waals surface area contributed by atoms with Gasteiger partial charge in [-0.1, -0.05) is 0 Å². The van der Waals surface area contributed by atoms with Crippen LogP contribution in [0.15, 0.2) is 41.0 Å². The van der Waals surface area contributed by atoms with Crippen LogP contribution in [-0.2, 0) is 0 Å². The molecule has 28 heavy (non-hydrogen) atoms. The lowest BCUT2D eigenvalue weighted by Gasteiger charge is -2.11. The summed E-state index contributed by atoms with van der Waals surface area (Å²) >= 11 is 0. The molecule has 0 aliphatic carbocycles. The second kappa shape index (κ2) is 5.71. The van der Waals surface area contributed by atoms with Crippen LogP contribution in [0.5, 0.6) is 23.0 Å². The van der Waals surface area contributed by atoms with Gasteiger partial charge in [-0.3, -0.25) is 0 Å². The Morgan fingerprint density at radius 2 is 1.39 bits per heavy atom. The molecule has 2 aromatic carbocycles. The lowest BCUT2D eigenvalue weighted by atomic mass is 10.1. The molecule has 0 unspecified atom stereocenters. The summed E-state index contributed by atoms with van der Waals surface area (Å²) in [5.74, 6) is 3.18. The molecular weight excluding hydrogens is 366 g/mol. The van der Waals surface area contributed by atoms with E-state index in [1.807, 2.05) is 36.4 Å². The van der Waals surface area contributed by atoms with Crippen molar-refractivity contribution in [2.45, 2.75) is 0 Å². The van der Waals surface area contributed by atoms with E-state index < -0.39 is 0 Å². The second-order valence-electron chi connectivity index (χ2n) is 6.09. The van der Waals surface area contributed by atoms with Gasteiger partial charge in [-0.2, -0.15) is 0 Å². The summed E-state index contributed by atoms with van der Waals surface area (Å²) in [5, 5.41) is 10.8. The van der Waals surface area contributed by atoms with Gasteiger partial charge < -0.3 is 24.3 Å². The number of hydrogen-bond donors (Lipinski definition) is 1. The highest BCUT2D eigenvalue weighted by Crippen LogP contribution is 2.39. The lowest BCUT2D eigenvalue weighted by molar-refractivity contribution is 0.173. The summed E-state index contributed by atoms with van der Waals surface area (Å²) in [6.45, 7) is 0.399. The molecule has 2 aromatic heterocycles. The van der Waals surface area contributed by atoms with Gasteiger partial charge in [0.25, 0.3) is 0 Å². The van der Waals surface area contributed by atoms with E-state index in [9.17, 15) is 0 Å². The number of fused-ring (bicyclic) bond motifs is 3. The monoisotopic (exact) mass is 377 g/mol. The third kappa shape index (κ3) is 2.35. The standard InChI is InChI=1S/C18H11N5O5/c1-3-11-13(26-7-24-11)5-9(1)15-16(21-18-17(20-15)22-28-23-18)19-10-2-4-12-14(6-10)27-8-25-12/h1-6H,7-8H2,(H,19,21,23). The van der Waals surface area contributed by atoms with Crippen LogP contribution in [0.3, 0.4) is 0 Å². The Kier molecular flexibility index (Phi) is 3.06. The predicted molar refractivity (Wildman–Crippen MR) is 94.8 cm³/mol. The zero-order valence-electron chi connectivity index (χ0n) is 14.2. The van der Waals surface area contributed by atoms with Crippen LogP contribution < -0.4 is 24.3 Å². The molecule has 0 spiro atoms. The maximum Gasteiger partial charge on any atom is 0.245 e. The number of rotatable bonds is 3. The Labute approximate surface area is 157 Å². The van der Waals surface area contributed by atoms with Crippen LogP contribution in [0.4, 0.5) is 11.5 Å². The molecule has 0 fully saturated rings. The van der Waals surface area contributed by atoms with Crippen LogP contribution >= 0.6 is 0 Å². The quantitative estimate of drug-likeness (QED) is 0.571. The fourth-order valence-electron chi connectivity index (χ4n) is 3.08. The van der Waals surface area contributed by atoms with Gasteiger partial charge in [0.1, 0.15) is 5.69 Å². The minimum Gasteiger partial charge on any atom is -0.454 e. The van der Waals surface area contributed by atoms with E-state index in [2.05, 4.69) is 25.6 Å². The fourth-order valence-corrected chi connectivity index (χ4v) is 3.08. The predicted octanol–water partition coefficient (Wildman–Crippen LogP) is 2.88. The summed E-state index contributed by atoms with van der Waals surface area (Å²) in [7, 11) is 0. The molecule has 6 rings (SSSR count). The van der Waals surface area contributed by atoms with Gasteiger partial charge in [-0.15, -0.1) is 0 Å². The normalized spacial score (nSPS) is 13.9. The van der Waals surface area contributed by atoms with E-state index in [1.165, 1.54) is 0 Å². The van der Waals surface area contributed by atoms with E-state index in [-0.39, 0.29) is 13.6 Å². The second-order valence-corrected chi connectivity index (χ2v) is 6.09. The van der Waals surface area contributed by atoms with Crippen molar-refractivity contribution in [3.05, 3.63) is 36.4 Å². The summed E-state index contributed by atoms with van der Waals surface area (Å²) in [5.41, 5.74) is 2.72. The van der Waals surface area contributed by atoms with Crippen molar-refractivity contribution in [1.29, 1.82) is 0 Å². The van der Waals surface area contributed by atoms with Crippen molar-refractivity contribution in [3.63, 3.8) is 0 Å². The Hall–Kier alpha value is -4.08. The Morgan fingerprint density at radius 3 is 2.21 bits per heavy atom. The molecule has 0 saturated carbocycles. The number of benzene rings is 2. The average molecular weight is 377 g/mol. The third-order valence-corrected chi connectivity index (χ3v) is 4.40. The van der Waals surface area contributed by atoms with Crippen LogP contribution in [0.25, 0.3) is 22.6 Å². The molecule has 4 heterocycles. The molecular formula is C18H11N5O5. The molecule has 0 saturated heterocycles. The summed E-state index contributed by atoms with van der Waals surface area (Å²) in [6, 6.07) is 11.1. The maximum atomic E-state index is 5.47. The SMILES string of the molecule is c1cc2c(cc1Nc1nc3nonc3nc1-c1ccc3c(c1)OCO3)OCO2. The molecule has 10 heteroatoms. The third-order valence-electron chi connectivity index (χ3n) is 4.40. The first-order chi connectivity index (χ1) is 13.8. The molecule has 0 radical (unpaired) electrons. The molecule has 138 valence electrons. The highest BCUT2D eigenvalue weighted by molar-refractivity contribution is 5.82. The van der Waals surface area contributed by atoms with E-state index in [1.54, 1.807) is 0 Å². The zero-order chi connectivity index (χ0) is 18.5. The molecule has 4 aromatic rings. The Morgan fingerprint density at radius 1 is 0.714 bits per heavy atom. The van der Waals surface area contributed by atoms with E-state index >= 15 is 0 Å². The van der Waals surface area contributed by atoms with Gasteiger partial charge in [0.05, 0.1) is 0 Å². The smallest absolute Gasteiger partial charge is 0.245 e. The van der Waals surface area contributed by atoms with Crippen molar-refractivity contribution in [2.24, 2.45) is 0 Å². The van der Waals surface area contributed by atoms with Crippen molar-refractivity contribution in [3.8, 4) is 34.3 Å². The summed E-state index contributed by atoms with van der Waals surface area (Å²) in [6.07, 6.45) is 0. The van der Waals surface area contributed by atoms with Crippen LogP contribution in [0, 0.1) is 0 Å². The molecule has 2 aliphatic rings. The molecule has 10 nitrogen and oxygen atoms in total. The largest absolute Gasteiger partial charge is 0.454 e. The number of nitrogens with one attached hydrogen (secondary N) is 1. The average Bonchev–Trinajstić information content (AvgIpc) is 3.46. The molecule has 0 bridgehead atoms.